The fraction of sp³-hybridized carbons (Fsp3) is 0.263. The number of nitrogens with zero attached hydrogens (tertiary/aromatic N) is 2. The molecule has 0 aliphatic rings. The Morgan fingerprint density at radius 2 is 1.97 bits per heavy atom. The highest BCUT2D eigenvalue weighted by atomic mass is 127. The van der Waals surface area contributed by atoms with Crippen molar-refractivity contribution in [1.82, 2.24) is 9.13 Å². The maximum absolute atomic E-state index is 14.9. The van der Waals surface area contributed by atoms with Crippen molar-refractivity contribution >= 4 is 45.0 Å². The smallest absolute Gasteiger partial charge is 0.290 e. The van der Waals surface area contributed by atoms with Crippen LogP contribution in [0.25, 0.3) is 11.0 Å². The van der Waals surface area contributed by atoms with E-state index in [1.807, 2.05) is 22.6 Å². The van der Waals surface area contributed by atoms with E-state index < -0.39 is 41.0 Å². The van der Waals surface area contributed by atoms with Crippen LogP contribution in [-0.4, -0.2) is 38.7 Å². The largest absolute Gasteiger partial charge is 0.485 e. The van der Waals surface area contributed by atoms with Gasteiger partial charge < -0.3 is 24.8 Å². The summed E-state index contributed by atoms with van der Waals surface area (Å²) in [6.45, 7) is -0.948. The first kappa shape index (κ1) is 22.2. The zero-order chi connectivity index (χ0) is 22.2. The second kappa shape index (κ2) is 8.70. The molecular formula is C19H18F2IN3O5. The Balaban J connectivity index is 2.28. The molecule has 3 aromatic rings. The number of hydrogen-bond donors (Lipinski definition) is 3. The van der Waals surface area contributed by atoms with Gasteiger partial charge in [-0.2, -0.15) is 4.39 Å². The maximum atomic E-state index is 14.9. The summed E-state index contributed by atoms with van der Waals surface area (Å²) in [6, 6.07) is 4.16. The van der Waals surface area contributed by atoms with Gasteiger partial charge in [0.15, 0.2) is 5.75 Å². The molecule has 0 amide bonds. The molecule has 0 saturated carbocycles. The number of aryl methyl sites for hydroxylation is 2. The molecule has 1 aromatic carbocycles. The quantitative estimate of drug-likeness (QED) is 0.416. The number of aliphatic hydroxyl groups is 2. The number of hydrogen-bond acceptors (Lipinski definition) is 6. The van der Waals surface area contributed by atoms with Crippen molar-refractivity contribution in [2.75, 3.05) is 18.5 Å². The molecule has 8 nitrogen and oxygen atoms in total. The second-order valence-corrected chi connectivity index (χ2v) is 7.83. The van der Waals surface area contributed by atoms with Crippen LogP contribution < -0.4 is 21.0 Å². The van der Waals surface area contributed by atoms with Crippen molar-refractivity contribution in [2.45, 2.75) is 6.10 Å². The van der Waals surface area contributed by atoms with Gasteiger partial charge in [0.1, 0.15) is 24.2 Å². The van der Waals surface area contributed by atoms with Crippen molar-refractivity contribution in [1.29, 1.82) is 0 Å². The number of fused-ring (bicyclic) bond motifs is 1. The Morgan fingerprint density at radius 3 is 2.60 bits per heavy atom. The van der Waals surface area contributed by atoms with E-state index in [1.165, 1.54) is 37.0 Å². The first-order valence-corrected chi connectivity index (χ1v) is 9.79. The molecule has 3 rings (SSSR count). The van der Waals surface area contributed by atoms with Gasteiger partial charge in [-0.25, -0.2) is 4.39 Å². The van der Waals surface area contributed by atoms with Gasteiger partial charge >= 0.3 is 0 Å². The highest BCUT2D eigenvalue weighted by Gasteiger charge is 2.23. The Hall–Kier alpha value is -2.51. The van der Waals surface area contributed by atoms with Crippen LogP contribution in [0.15, 0.2) is 34.0 Å². The molecule has 30 heavy (non-hydrogen) atoms. The molecule has 2 aromatic heterocycles. The molecule has 2 heterocycles. The lowest BCUT2D eigenvalue weighted by atomic mass is 10.2. The number of rotatable bonds is 6. The summed E-state index contributed by atoms with van der Waals surface area (Å²) in [4.78, 5) is 25.4. The Labute approximate surface area is 182 Å². The van der Waals surface area contributed by atoms with Gasteiger partial charge in [-0.05, 0) is 40.8 Å². The number of benzene rings is 1. The van der Waals surface area contributed by atoms with Gasteiger partial charge in [0.05, 0.1) is 29.6 Å². The Kier molecular flexibility index (Phi) is 6.43. The van der Waals surface area contributed by atoms with E-state index >= 15 is 0 Å². The third-order valence-electron chi connectivity index (χ3n) is 4.43. The van der Waals surface area contributed by atoms with Crippen LogP contribution in [0.2, 0.25) is 0 Å². The lowest BCUT2D eigenvalue weighted by Gasteiger charge is -2.18. The van der Waals surface area contributed by atoms with Crippen LogP contribution in [0.4, 0.5) is 20.2 Å². The highest BCUT2D eigenvalue weighted by Crippen LogP contribution is 2.28. The lowest BCUT2D eigenvalue weighted by molar-refractivity contribution is 0.0531. The maximum Gasteiger partial charge on any atom is 0.290 e. The molecule has 160 valence electrons. The molecule has 0 spiro atoms. The minimum absolute atomic E-state index is 0.0786. The van der Waals surface area contributed by atoms with E-state index in [4.69, 9.17) is 9.84 Å². The van der Waals surface area contributed by atoms with E-state index in [0.29, 0.717) is 3.57 Å². The SMILES string of the molecule is Cn1cc(OCC(O)CO)c(=O)c2c(Nc3ccc(I)cc3F)c(F)c(=O)n(C)c21. The molecule has 0 aliphatic heterocycles. The molecule has 0 aliphatic carbocycles. The monoisotopic (exact) mass is 533 g/mol. The number of halogens is 3. The zero-order valence-electron chi connectivity index (χ0n) is 15.9. The van der Waals surface area contributed by atoms with Gasteiger partial charge in [0, 0.05) is 17.7 Å². The summed E-state index contributed by atoms with van der Waals surface area (Å²) in [5, 5.41) is 20.7. The summed E-state index contributed by atoms with van der Waals surface area (Å²) in [7, 11) is 2.82. The standard InChI is InChI=1S/C19H18F2IN3O5/c1-24-6-13(30-8-10(27)7-26)17(28)14-16(15(21)19(29)25(2)18(14)24)23-12-4-3-9(22)5-11(12)20/h3-6,10,23,26-27H,7-8H2,1-2H3. The Morgan fingerprint density at radius 1 is 1.27 bits per heavy atom. The predicted molar refractivity (Wildman–Crippen MR) is 115 cm³/mol. The summed E-state index contributed by atoms with van der Waals surface area (Å²) >= 11 is 1.91. The molecular weight excluding hydrogens is 515 g/mol. The predicted octanol–water partition coefficient (Wildman–Crippen LogP) is 1.60. The number of nitrogens with one attached hydrogen (secondary N) is 1. The van der Waals surface area contributed by atoms with E-state index in [2.05, 4.69) is 5.32 Å². The summed E-state index contributed by atoms with van der Waals surface area (Å²) in [5.41, 5.74) is -2.30. The minimum atomic E-state index is -1.26. The molecule has 3 N–H and O–H groups in total. The zero-order valence-corrected chi connectivity index (χ0v) is 18.1. The van der Waals surface area contributed by atoms with Crippen molar-refractivity contribution < 1.29 is 23.7 Å². The van der Waals surface area contributed by atoms with Crippen LogP contribution in [0.5, 0.6) is 5.75 Å². The molecule has 0 saturated heterocycles. The second-order valence-electron chi connectivity index (χ2n) is 6.58. The fourth-order valence-corrected chi connectivity index (χ4v) is 3.42. The van der Waals surface area contributed by atoms with E-state index in [9.17, 15) is 23.5 Å². The van der Waals surface area contributed by atoms with Crippen molar-refractivity contribution in [3.8, 4) is 5.75 Å². The van der Waals surface area contributed by atoms with Gasteiger partial charge in [0.25, 0.3) is 5.56 Å². The van der Waals surface area contributed by atoms with Crippen molar-refractivity contribution in [3.05, 3.63) is 60.2 Å². The number of ether oxygens (including phenoxy) is 1. The third-order valence-corrected chi connectivity index (χ3v) is 5.10. The Bertz CT molecular complexity index is 1240. The third kappa shape index (κ3) is 4.04. The van der Waals surface area contributed by atoms with Gasteiger partial charge in [-0.1, -0.05) is 0 Å². The first-order chi connectivity index (χ1) is 14.1. The first-order valence-electron chi connectivity index (χ1n) is 8.71. The summed E-state index contributed by atoms with van der Waals surface area (Å²) in [6.07, 6.45) is 0.0576. The minimum Gasteiger partial charge on any atom is -0.485 e. The molecule has 0 fully saturated rings. The van der Waals surface area contributed by atoms with Gasteiger partial charge in [0.2, 0.25) is 11.2 Å². The highest BCUT2D eigenvalue weighted by molar-refractivity contribution is 14.1. The molecule has 11 heteroatoms. The fourth-order valence-electron chi connectivity index (χ4n) is 2.97. The molecule has 1 atom stereocenters. The van der Waals surface area contributed by atoms with Crippen LogP contribution >= 0.6 is 22.6 Å². The van der Waals surface area contributed by atoms with E-state index in [-0.39, 0.29) is 29.1 Å². The van der Waals surface area contributed by atoms with Crippen LogP contribution in [0.3, 0.4) is 0 Å². The van der Waals surface area contributed by atoms with Crippen molar-refractivity contribution in [3.63, 3.8) is 0 Å². The summed E-state index contributed by atoms with van der Waals surface area (Å²) in [5.74, 6) is -2.18. The van der Waals surface area contributed by atoms with E-state index in [0.717, 1.165) is 4.57 Å². The van der Waals surface area contributed by atoms with Crippen LogP contribution in [0, 0.1) is 15.2 Å². The van der Waals surface area contributed by atoms with Gasteiger partial charge in [-0.15, -0.1) is 0 Å². The lowest BCUT2D eigenvalue weighted by Crippen LogP contribution is -2.28. The van der Waals surface area contributed by atoms with Crippen LogP contribution in [-0.2, 0) is 14.1 Å². The van der Waals surface area contributed by atoms with Crippen molar-refractivity contribution in [2.24, 2.45) is 14.1 Å². The number of pyridine rings is 2. The van der Waals surface area contributed by atoms with E-state index in [1.54, 1.807) is 6.07 Å². The van der Waals surface area contributed by atoms with Gasteiger partial charge in [-0.3, -0.25) is 14.2 Å². The number of aromatic nitrogens is 2. The number of aliphatic hydroxyl groups excluding tert-OH is 2. The summed E-state index contributed by atoms with van der Waals surface area (Å²) < 4.78 is 37.5. The average Bonchev–Trinajstić information content (AvgIpc) is 2.71. The molecule has 1 unspecified atom stereocenters. The number of anilines is 2. The van der Waals surface area contributed by atoms with Crippen LogP contribution in [0.1, 0.15) is 0 Å². The normalized spacial score (nSPS) is 12.2. The molecule has 0 radical (unpaired) electrons. The topological polar surface area (TPSA) is 106 Å². The molecule has 0 bridgehead atoms. The average molecular weight is 533 g/mol.